The monoisotopic (exact) mass is 380 g/mol. The van der Waals surface area contributed by atoms with Crippen LogP contribution in [0.25, 0.3) is 0 Å². The van der Waals surface area contributed by atoms with Gasteiger partial charge in [-0.15, -0.1) is 0 Å². The third-order valence-electron chi connectivity index (χ3n) is 5.89. The molecule has 26 heavy (non-hydrogen) atoms. The number of hydrogen-bond donors (Lipinski definition) is 1. The van der Waals surface area contributed by atoms with Gasteiger partial charge >= 0.3 is 7.12 Å². The summed E-state index contributed by atoms with van der Waals surface area (Å²) in [5.41, 5.74) is -0.244. The van der Waals surface area contributed by atoms with Crippen LogP contribution in [0.4, 0.5) is 8.78 Å². The first-order valence-electron chi connectivity index (χ1n) is 8.87. The average Bonchev–Trinajstić information content (AvgIpc) is 3.30. The van der Waals surface area contributed by atoms with Crippen molar-refractivity contribution in [1.82, 2.24) is 5.32 Å². The lowest BCUT2D eigenvalue weighted by atomic mass is 9.77. The van der Waals surface area contributed by atoms with Gasteiger partial charge in [-0.25, -0.2) is 8.78 Å². The molecule has 3 aliphatic rings. The molecule has 4 nitrogen and oxygen atoms in total. The fourth-order valence-electron chi connectivity index (χ4n) is 3.49. The van der Waals surface area contributed by atoms with E-state index in [9.17, 15) is 8.78 Å². The summed E-state index contributed by atoms with van der Waals surface area (Å²) in [4.78, 5) is 4.19. The van der Waals surface area contributed by atoms with E-state index in [2.05, 4.69) is 10.3 Å². The first-order chi connectivity index (χ1) is 12.1. The lowest BCUT2D eigenvalue weighted by Gasteiger charge is -2.32. The lowest BCUT2D eigenvalue weighted by molar-refractivity contribution is 0.00578. The van der Waals surface area contributed by atoms with Gasteiger partial charge in [0, 0.05) is 17.9 Å². The van der Waals surface area contributed by atoms with Gasteiger partial charge in [-0.3, -0.25) is 4.99 Å². The van der Waals surface area contributed by atoms with E-state index < -0.39 is 30.0 Å². The summed E-state index contributed by atoms with van der Waals surface area (Å²) < 4.78 is 41.1. The predicted molar refractivity (Wildman–Crippen MR) is 101 cm³/mol. The molecule has 8 heteroatoms. The Morgan fingerprint density at radius 3 is 2.46 bits per heavy atom. The first-order valence-corrected chi connectivity index (χ1v) is 9.75. The molecule has 1 aliphatic carbocycles. The number of hydrogen-bond acceptors (Lipinski definition) is 4. The SMILES string of the molecule is CN=C1NC(c2cc(B3OC(C)(C)C(C)(C)O3)cc(F)c2F)C2CC2S1. The van der Waals surface area contributed by atoms with Gasteiger partial charge in [0.25, 0.3) is 0 Å². The zero-order valence-electron chi connectivity index (χ0n) is 15.6. The highest BCUT2D eigenvalue weighted by Crippen LogP contribution is 2.53. The molecule has 3 unspecified atom stereocenters. The van der Waals surface area contributed by atoms with Crippen molar-refractivity contribution in [2.75, 3.05) is 7.05 Å². The van der Waals surface area contributed by atoms with Crippen LogP contribution in [-0.2, 0) is 9.31 Å². The van der Waals surface area contributed by atoms with Crippen LogP contribution in [0.5, 0.6) is 0 Å². The Balaban J connectivity index is 1.69. The van der Waals surface area contributed by atoms with Gasteiger partial charge < -0.3 is 14.6 Å². The van der Waals surface area contributed by atoms with E-state index in [1.165, 1.54) is 6.07 Å². The Bertz CT molecular complexity index is 771. The number of benzene rings is 1. The van der Waals surface area contributed by atoms with Gasteiger partial charge in [0.2, 0.25) is 0 Å². The van der Waals surface area contributed by atoms with Crippen molar-refractivity contribution in [1.29, 1.82) is 0 Å². The lowest BCUT2D eigenvalue weighted by Crippen LogP contribution is -2.41. The molecule has 0 spiro atoms. The quantitative estimate of drug-likeness (QED) is 0.802. The minimum atomic E-state index is -0.876. The van der Waals surface area contributed by atoms with Gasteiger partial charge in [-0.1, -0.05) is 17.8 Å². The highest BCUT2D eigenvalue weighted by molar-refractivity contribution is 8.14. The van der Waals surface area contributed by atoms with Crippen LogP contribution in [-0.4, -0.2) is 35.8 Å². The van der Waals surface area contributed by atoms with Crippen LogP contribution in [0.2, 0.25) is 0 Å². The number of rotatable bonds is 2. The summed E-state index contributed by atoms with van der Waals surface area (Å²) >= 11 is 1.67. The Kier molecular flexibility index (Phi) is 4.17. The fourth-order valence-corrected chi connectivity index (χ4v) is 4.73. The van der Waals surface area contributed by atoms with Gasteiger partial charge in [0.15, 0.2) is 16.8 Å². The molecule has 3 atom stereocenters. The summed E-state index contributed by atoms with van der Waals surface area (Å²) in [6.45, 7) is 7.75. The van der Waals surface area contributed by atoms with Gasteiger partial charge in [0.05, 0.1) is 17.2 Å². The number of aliphatic imine (C=N–C) groups is 1. The molecular formula is C18H23BF2N2O2S. The molecule has 0 aromatic heterocycles. The zero-order valence-corrected chi connectivity index (χ0v) is 16.4. The van der Waals surface area contributed by atoms with E-state index in [0.717, 1.165) is 11.6 Å². The molecule has 2 heterocycles. The van der Waals surface area contributed by atoms with E-state index in [1.54, 1.807) is 24.9 Å². The molecule has 1 N–H and O–H groups in total. The van der Waals surface area contributed by atoms with Crippen molar-refractivity contribution in [3.63, 3.8) is 0 Å². The van der Waals surface area contributed by atoms with Gasteiger partial charge in [-0.05, 0) is 51.6 Å². The van der Waals surface area contributed by atoms with E-state index in [4.69, 9.17) is 9.31 Å². The Labute approximate surface area is 157 Å². The van der Waals surface area contributed by atoms with Crippen LogP contribution in [0, 0.1) is 17.6 Å². The molecule has 0 amide bonds. The summed E-state index contributed by atoms with van der Waals surface area (Å²) in [5, 5.41) is 4.45. The number of fused-ring (bicyclic) bond motifs is 1. The highest BCUT2D eigenvalue weighted by Gasteiger charge is 2.53. The highest BCUT2D eigenvalue weighted by atomic mass is 32.2. The first kappa shape index (κ1) is 18.3. The predicted octanol–water partition coefficient (Wildman–Crippen LogP) is 3.02. The standard InChI is InChI=1S/C18H23BF2N2O2S/c1-17(2)18(3,4)25-19(24-17)9-6-11(14(21)12(20)7-9)15-10-8-13(10)26-16(22-5)23-15/h6-7,10,13,15H,8H2,1-5H3,(H,22,23). The molecule has 4 rings (SSSR count). The van der Waals surface area contributed by atoms with Crippen molar-refractivity contribution in [3.8, 4) is 0 Å². The van der Waals surface area contributed by atoms with Crippen molar-refractivity contribution < 1.29 is 18.1 Å². The summed E-state index contributed by atoms with van der Waals surface area (Å²) in [6, 6.07) is 2.58. The Hall–Kier alpha value is -1.12. The fraction of sp³-hybridized carbons (Fsp3) is 0.611. The molecular weight excluding hydrogens is 357 g/mol. The van der Waals surface area contributed by atoms with Crippen LogP contribution in [0.15, 0.2) is 17.1 Å². The van der Waals surface area contributed by atoms with Gasteiger partial charge in [-0.2, -0.15) is 0 Å². The van der Waals surface area contributed by atoms with Crippen molar-refractivity contribution in [3.05, 3.63) is 29.3 Å². The Morgan fingerprint density at radius 1 is 1.19 bits per heavy atom. The van der Waals surface area contributed by atoms with E-state index >= 15 is 0 Å². The third kappa shape index (κ3) is 2.86. The topological polar surface area (TPSA) is 42.9 Å². The van der Waals surface area contributed by atoms with Crippen molar-refractivity contribution in [2.24, 2.45) is 10.9 Å². The maximum absolute atomic E-state index is 14.6. The molecule has 1 aromatic carbocycles. The van der Waals surface area contributed by atoms with Crippen LogP contribution >= 0.6 is 11.8 Å². The van der Waals surface area contributed by atoms with Crippen LogP contribution in [0.1, 0.15) is 45.7 Å². The molecule has 0 bridgehead atoms. The summed E-state index contributed by atoms with van der Waals surface area (Å²) in [7, 11) is 0.980. The molecule has 1 saturated carbocycles. The van der Waals surface area contributed by atoms with Gasteiger partial charge in [0.1, 0.15) is 0 Å². The number of halogens is 2. The van der Waals surface area contributed by atoms with Crippen LogP contribution < -0.4 is 10.8 Å². The average molecular weight is 380 g/mol. The normalized spacial score (nSPS) is 33.1. The smallest absolute Gasteiger partial charge is 0.399 e. The molecule has 140 valence electrons. The summed E-state index contributed by atoms with van der Waals surface area (Å²) in [5.74, 6) is -1.40. The van der Waals surface area contributed by atoms with Crippen molar-refractivity contribution >= 4 is 29.5 Å². The largest absolute Gasteiger partial charge is 0.494 e. The minimum Gasteiger partial charge on any atom is -0.399 e. The molecule has 0 radical (unpaired) electrons. The second-order valence-corrected chi connectivity index (χ2v) is 9.43. The Morgan fingerprint density at radius 2 is 1.85 bits per heavy atom. The minimum absolute atomic E-state index is 0.281. The van der Waals surface area contributed by atoms with Crippen molar-refractivity contribution in [2.45, 2.75) is 56.6 Å². The van der Waals surface area contributed by atoms with E-state index in [1.807, 2.05) is 27.7 Å². The zero-order chi connectivity index (χ0) is 18.9. The second kappa shape index (κ2) is 5.94. The van der Waals surface area contributed by atoms with E-state index in [-0.39, 0.29) is 12.0 Å². The molecule has 2 saturated heterocycles. The molecule has 2 aliphatic heterocycles. The number of nitrogens with one attached hydrogen (secondary N) is 1. The number of nitrogens with zero attached hydrogens (tertiary/aromatic N) is 1. The molecule has 3 fully saturated rings. The third-order valence-corrected chi connectivity index (χ3v) is 7.26. The maximum Gasteiger partial charge on any atom is 0.494 e. The van der Waals surface area contributed by atoms with Crippen LogP contribution in [0.3, 0.4) is 0 Å². The molecule has 1 aromatic rings. The maximum atomic E-state index is 14.6. The number of amidine groups is 1. The number of thioether (sulfide) groups is 1. The van der Waals surface area contributed by atoms with E-state index in [0.29, 0.717) is 16.3 Å². The summed E-state index contributed by atoms with van der Waals surface area (Å²) in [6.07, 6.45) is 0.975. The second-order valence-electron chi connectivity index (χ2n) is 8.20.